The summed E-state index contributed by atoms with van der Waals surface area (Å²) in [7, 11) is 0. The molecule has 0 aromatic heterocycles. The molecule has 4 aliphatic rings. The van der Waals surface area contributed by atoms with E-state index in [0.717, 1.165) is 36.5 Å². The molecule has 3 N–H and O–H groups in total. The minimum atomic E-state index is 0.275. The molecule has 0 aromatic rings. The van der Waals surface area contributed by atoms with Crippen LogP contribution in [0, 0.1) is 34.5 Å². The van der Waals surface area contributed by atoms with Gasteiger partial charge in [-0.25, -0.2) is 0 Å². The Hall–Kier alpha value is -0.570. The Bertz CT molecular complexity index is 492. The van der Waals surface area contributed by atoms with Gasteiger partial charge in [0.05, 0.1) is 0 Å². The standard InChI is InChI=1S/C19H32N2O.C2H6/c1-11-10-15-19(3,9-7-16(22)21-15)13-6-8-18(2)12(17(11)13)4-5-14(18)20;1-2/h11-15,17H,4-10,20H2,1-3H3,(H,21,22);1-2H3. The lowest BCUT2D eigenvalue weighted by Gasteiger charge is -2.62. The lowest BCUT2D eigenvalue weighted by Crippen LogP contribution is -2.63. The van der Waals surface area contributed by atoms with E-state index in [4.69, 9.17) is 5.73 Å². The van der Waals surface area contributed by atoms with Gasteiger partial charge in [-0.2, -0.15) is 0 Å². The summed E-state index contributed by atoms with van der Waals surface area (Å²) >= 11 is 0. The van der Waals surface area contributed by atoms with Crippen molar-refractivity contribution in [3.05, 3.63) is 0 Å². The van der Waals surface area contributed by atoms with Gasteiger partial charge in [0, 0.05) is 18.5 Å². The van der Waals surface area contributed by atoms with E-state index in [1.165, 1.54) is 32.1 Å². The maximum atomic E-state index is 11.9. The van der Waals surface area contributed by atoms with E-state index in [2.05, 4.69) is 26.1 Å². The third-order valence-corrected chi connectivity index (χ3v) is 8.54. The first-order chi connectivity index (χ1) is 11.4. The van der Waals surface area contributed by atoms with Gasteiger partial charge in [0.15, 0.2) is 0 Å². The molecular weight excluding hydrogens is 296 g/mol. The fourth-order valence-corrected chi connectivity index (χ4v) is 7.09. The second-order valence-corrected chi connectivity index (χ2v) is 9.36. The number of hydrogen-bond donors (Lipinski definition) is 2. The molecule has 24 heavy (non-hydrogen) atoms. The number of fused-ring (bicyclic) bond motifs is 5. The van der Waals surface area contributed by atoms with E-state index in [-0.39, 0.29) is 5.91 Å². The first-order valence-electron chi connectivity index (χ1n) is 10.4. The van der Waals surface area contributed by atoms with Crippen LogP contribution in [0.2, 0.25) is 0 Å². The van der Waals surface area contributed by atoms with E-state index >= 15 is 0 Å². The molecule has 1 aliphatic heterocycles. The van der Waals surface area contributed by atoms with Gasteiger partial charge in [-0.3, -0.25) is 4.79 Å². The molecule has 0 radical (unpaired) electrons. The second kappa shape index (κ2) is 6.30. The van der Waals surface area contributed by atoms with E-state index in [1.807, 2.05) is 13.8 Å². The van der Waals surface area contributed by atoms with Gasteiger partial charge in [0.25, 0.3) is 0 Å². The predicted octanol–water partition coefficient (Wildman–Crippen LogP) is 4.11. The summed E-state index contributed by atoms with van der Waals surface area (Å²) in [5.74, 6) is 3.41. The fraction of sp³-hybridized carbons (Fsp3) is 0.952. The molecule has 0 bridgehead atoms. The molecule has 8 unspecified atom stereocenters. The van der Waals surface area contributed by atoms with Crippen molar-refractivity contribution < 1.29 is 4.79 Å². The Balaban J connectivity index is 0.000000815. The van der Waals surface area contributed by atoms with E-state index in [1.54, 1.807) is 0 Å². The summed E-state index contributed by atoms with van der Waals surface area (Å²) in [6.45, 7) is 11.4. The van der Waals surface area contributed by atoms with Crippen LogP contribution < -0.4 is 11.1 Å². The number of rotatable bonds is 0. The highest BCUT2D eigenvalue weighted by molar-refractivity contribution is 5.77. The minimum Gasteiger partial charge on any atom is -0.353 e. The van der Waals surface area contributed by atoms with Crippen LogP contribution in [0.25, 0.3) is 0 Å². The molecule has 1 amide bonds. The van der Waals surface area contributed by atoms with Crippen LogP contribution in [0.1, 0.15) is 79.6 Å². The average Bonchev–Trinajstić information content (AvgIpc) is 2.87. The minimum absolute atomic E-state index is 0.275. The highest BCUT2D eigenvalue weighted by Crippen LogP contribution is 2.64. The Morgan fingerprint density at radius 2 is 1.71 bits per heavy atom. The smallest absolute Gasteiger partial charge is 0.220 e. The maximum Gasteiger partial charge on any atom is 0.220 e. The Labute approximate surface area is 148 Å². The van der Waals surface area contributed by atoms with Crippen LogP contribution in [0.5, 0.6) is 0 Å². The summed E-state index contributed by atoms with van der Waals surface area (Å²) < 4.78 is 0. The maximum absolute atomic E-state index is 11.9. The number of piperidine rings is 1. The van der Waals surface area contributed by atoms with Gasteiger partial charge in [0.2, 0.25) is 5.91 Å². The molecule has 8 atom stereocenters. The van der Waals surface area contributed by atoms with Crippen LogP contribution in [0.4, 0.5) is 0 Å². The molecule has 0 spiro atoms. The summed E-state index contributed by atoms with van der Waals surface area (Å²) in [6, 6.07) is 0.812. The molecule has 138 valence electrons. The third kappa shape index (κ3) is 2.45. The monoisotopic (exact) mass is 334 g/mol. The van der Waals surface area contributed by atoms with Crippen molar-refractivity contribution >= 4 is 5.91 Å². The zero-order valence-electron chi connectivity index (χ0n) is 16.4. The molecular formula is C21H38N2O. The predicted molar refractivity (Wildman–Crippen MR) is 99.4 cm³/mol. The van der Waals surface area contributed by atoms with Crippen molar-refractivity contribution in [2.24, 2.45) is 40.2 Å². The van der Waals surface area contributed by atoms with Crippen LogP contribution >= 0.6 is 0 Å². The van der Waals surface area contributed by atoms with Crippen molar-refractivity contribution in [1.82, 2.24) is 5.32 Å². The number of carbonyl (C=O) groups excluding carboxylic acids is 1. The quantitative estimate of drug-likeness (QED) is 0.700. The van der Waals surface area contributed by atoms with Gasteiger partial charge >= 0.3 is 0 Å². The van der Waals surface area contributed by atoms with Crippen molar-refractivity contribution in [2.45, 2.75) is 91.6 Å². The van der Waals surface area contributed by atoms with Crippen LogP contribution in [-0.2, 0) is 4.79 Å². The lowest BCUT2D eigenvalue weighted by molar-refractivity contribution is -0.141. The third-order valence-electron chi connectivity index (χ3n) is 8.54. The number of nitrogens with one attached hydrogen (secondary N) is 1. The van der Waals surface area contributed by atoms with Crippen molar-refractivity contribution in [3.8, 4) is 0 Å². The van der Waals surface area contributed by atoms with E-state index in [9.17, 15) is 4.79 Å². The fourth-order valence-electron chi connectivity index (χ4n) is 7.09. The van der Waals surface area contributed by atoms with Crippen molar-refractivity contribution in [2.75, 3.05) is 0 Å². The zero-order chi connectivity index (χ0) is 17.7. The average molecular weight is 335 g/mol. The molecule has 4 fully saturated rings. The zero-order valence-corrected chi connectivity index (χ0v) is 16.4. The number of nitrogens with two attached hydrogens (primary N) is 1. The first kappa shape index (κ1) is 18.2. The first-order valence-corrected chi connectivity index (χ1v) is 10.4. The Kier molecular flexibility index (Phi) is 4.79. The molecule has 3 saturated carbocycles. The van der Waals surface area contributed by atoms with Gasteiger partial charge in [-0.15, -0.1) is 0 Å². The van der Waals surface area contributed by atoms with Crippen LogP contribution in [-0.4, -0.2) is 18.0 Å². The lowest BCUT2D eigenvalue weighted by atomic mass is 9.45. The van der Waals surface area contributed by atoms with Crippen LogP contribution in [0.3, 0.4) is 0 Å². The van der Waals surface area contributed by atoms with Gasteiger partial charge < -0.3 is 11.1 Å². The van der Waals surface area contributed by atoms with Gasteiger partial charge in [-0.05, 0) is 73.0 Å². The van der Waals surface area contributed by atoms with E-state index in [0.29, 0.717) is 22.9 Å². The Morgan fingerprint density at radius 1 is 1.04 bits per heavy atom. The molecule has 3 heteroatoms. The molecule has 4 rings (SSSR count). The largest absolute Gasteiger partial charge is 0.353 e. The SMILES string of the molecule is CC.CC1CC2NC(=O)CCC2(C)C2CCC3(C)C(N)CCC3C12. The Morgan fingerprint density at radius 3 is 2.42 bits per heavy atom. The summed E-state index contributed by atoms with van der Waals surface area (Å²) in [5.41, 5.74) is 7.21. The normalized spacial score (nSPS) is 53.0. The molecule has 0 aromatic carbocycles. The van der Waals surface area contributed by atoms with Crippen molar-refractivity contribution in [1.29, 1.82) is 0 Å². The summed E-state index contributed by atoms with van der Waals surface area (Å²) in [4.78, 5) is 11.9. The highest BCUT2D eigenvalue weighted by atomic mass is 16.1. The van der Waals surface area contributed by atoms with Crippen molar-refractivity contribution in [3.63, 3.8) is 0 Å². The number of carbonyl (C=O) groups is 1. The molecule has 1 heterocycles. The molecule has 1 saturated heterocycles. The second-order valence-electron chi connectivity index (χ2n) is 9.36. The summed E-state index contributed by atoms with van der Waals surface area (Å²) in [5, 5.41) is 3.34. The number of hydrogen-bond acceptors (Lipinski definition) is 2. The molecule has 3 nitrogen and oxygen atoms in total. The van der Waals surface area contributed by atoms with E-state index < -0.39 is 0 Å². The van der Waals surface area contributed by atoms with Gasteiger partial charge in [-0.1, -0.05) is 34.6 Å². The molecule has 3 aliphatic carbocycles. The number of amides is 1. The summed E-state index contributed by atoms with van der Waals surface area (Å²) in [6.07, 6.45) is 8.15. The van der Waals surface area contributed by atoms with Gasteiger partial charge in [0.1, 0.15) is 0 Å². The highest BCUT2D eigenvalue weighted by Gasteiger charge is 2.61. The van der Waals surface area contributed by atoms with Crippen LogP contribution in [0.15, 0.2) is 0 Å². The topological polar surface area (TPSA) is 55.1 Å².